The van der Waals surface area contributed by atoms with Crippen molar-refractivity contribution in [1.29, 1.82) is 0 Å². The fraction of sp³-hybridized carbons (Fsp3) is 0.333. The van der Waals surface area contributed by atoms with Crippen molar-refractivity contribution in [3.8, 4) is 5.69 Å². The predicted octanol–water partition coefficient (Wildman–Crippen LogP) is 4.97. The molecule has 1 aliphatic carbocycles. The molecule has 1 heterocycles. The number of hydrogen-bond acceptors (Lipinski definition) is 2. The van der Waals surface area contributed by atoms with Crippen molar-refractivity contribution in [3.63, 3.8) is 0 Å². The number of hydrogen-bond donors (Lipinski definition) is 2. The SMILES string of the molecule is Cc1nn(-c2ccccc2)c(C)c1CNC(=O)NC(c1ccc(F)cc1)C1CCC1. The zero-order valence-corrected chi connectivity index (χ0v) is 17.4. The van der Waals surface area contributed by atoms with Gasteiger partial charge in [-0.1, -0.05) is 36.8 Å². The van der Waals surface area contributed by atoms with Crippen LogP contribution >= 0.6 is 0 Å². The number of carbonyl (C=O) groups is 1. The van der Waals surface area contributed by atoms with E-state index in [0.29, 0.717) is 12.5 Å². The second-order valence-corrected chi connectivity index (χ2v) is 7.94. The monoisotopic (exact) mass is 406 g/mol. The van der Waals surface area contributed by atoms with Gasteiger partial charge in [-0.15, -0.1) is 0 Å². The van der Waals surface area contributed by atoms with Crippen LogP contribution in [0.1, 0.15) is 47.8 Å². The molecule has 1 unspecified atom stereocenters. The van der Waals surface area contributed by atoms with Crippen LogP contribution in [0.25, 0.3) is 5.69 Å². The molecule has 1 saturated carbocycles. The van der Waals surface area contributed by atoms with E-state index >= 15 is 0 Å². The molecular formula is C24H27FN4O. The van der Waals surface area contributed by atoms with Crippen molar-refractivity contribution in [2.24, 2.45) is 5.92 Å². The molecule has 2 N–H and O–H groups in total. The van der Waals surface area contributed by atoms with Crippen molar-refractivity contribution >= 4 is 6.03 Å². The fourth-order valence-electron chi connectivity index (χ4n) is 4.03. The van der Waals surface area contributed by atoms with E-state index in [1.165, 1.54) is 18.6 Å². The molecule has 3 aromatic rings. The normalized spacial score (nSPS) is 14.8. The Balaban J connectivity index is 1.44. The van der Waals surface area contributed by atoms with Gasteiger partial charge in [0.25, 0.3) is 0 Å². The van der Waals surface area contributed by atoms with Gasteiger partial charge in [-0.25, -0.2) is 13.9 Å². The number of nitrogens with zero attached hydrogens (tertiary/aromatic N) is 2. The van der Waals surface area contributed by atoms with Crippen LogP contribution in [0.4, 0.5) is 9.18 Å². The van der Waals surface area contributed by atoms with Crippen LogP contribution in [-0.4, -0.2) is 15.8 Å². The summed E-state index contributed by atoms with van der Waals surface area (Å²) in [7, 11) is 0. The number of amides is 2. The highest BCUT2D eigenvalue weighted by Crippen LogP contribution is 2.37. The van der Waals surface area contributed by atoms with Crippen molar-refractivity contribution in [2.75, 3.05) is 0 Å². The number of carbonyl (C=O) groups excluding carboxylic acids is 1. The second kappa shape index (κ2) is 8.69. The first-order valence-corrected chi connectivity index (χ1v) is 10.4. The van der Waals surface area contributed by atoms with Crippen molar-refractivity contribution in [3.05, 3.63) is 82.9 Å². The first kappa shape index (κ1) is 20.1. The third kappa shape index (κ3) is 4.22. The van der Waals surface area contributed by atoms with E-state index in [0.717, 1.165) is 41.0 Å². The van der Waals surface area contributed by atoms with Crippen LogP contribution in [0.2, 0.25) is 0 Å². The van der Waals surface area contributed by atoms with E-state index in [-0.39, 0.29) is 17.9 Å². The highest BCUT2D eigenvalue weighted by atomic mass is 19.1. The number of halogens is 1. The maximum atomic E-state index is 13.3. The maximum absolute atomic E-state index is 13.3. The van der Waals surface area contributed by atoms with Crippen LogP contribution in [0.5, 0.6) is 0 Å². The number of rotatable bonds is 6. The summed E-state index contributed by atoms with van der Waals surface area (Å²) in [5.74, 6) is 0.127. The van der Waals surface area contributed by atoms with E-state index < -0.39 is 0 Å². The number of para-hydroxylation sites is 1. The summed E-state index contributed by atoms with van der Waals surface area (Å²) < 4.78 is 15.2. The first-order chi connectivity index (χ1) is 14.5. The standard InChI is InChI=1S/C24H27FN4O/c1-16-22(17(2)29(28-16)21-9-4-3-5-10-21)15-26-24(30)27-23(18-7-6-8-18)19-11-13-20(25)14-12-19/h3-5,9-14,18,23H,6-8,15H2,1-2H3,(H2,26,27,30). The third-order valence-electron chi connectivity index (χ3n) is 6.00. The first-order valence-electron chi connectivity index (χ1n) is 10.4. The van der Waals surface area contributed by atoms with E-state index in [2.05, 4.69) is 15.7 Å². The van der Waals surface area contributed by atoms with Crippen LogP contribution in [0, 0.1) is 25.6 Å². The zero-order chi connectivity index (χ0) is 21.1. The quantitative estimate of drug-likeness (QED) is 0.607. The zero-order valence-electron chi connectivity index (χ0n) is 17.4. The van der Waals surface area contributed by atoms with Gasteiger partial charge in [0.15, 0.2) is 0 Å². The van der Waals surface area contributed by atoms with Gasteiger partial charge in [0.05, 0.1) is 17.4 Å². The number of aryl methyl sites for hydroxylation is 1. The Hall–Kier alpha value is -3.15. The van der Waals surface area contributed by atoms with Crippen LogP contribution in [-0.2, 0) is 6.54 Å². The lowest BCUT2D eigenvalue weighted by atomic mass is 9.77. The number of benzene rings is 2. The Morgan fingerprint density at radius 1 is 1.13 bits per heavy atom. The summed E-state index contributed by atoms with van der Waals surface area (Å²) in [6, 6.07) is 16.0. The number of aromatic nitrogens is 2. The number of urea groups is 1. The van der Waals surface area contributed by atoms with Crippen molar-refractivity contribution in [2.45, 2.75) is 45.7 Å². The summed E-state index contributed by atoms with van der Waals surface area (Å²) in [6.07, 6.45) is 3.32. The second-order valence-electron chi connectivity index (χ2n) is 7.94. The molecule has 5 nitrogen and oxygen atoms in total. The van der Waals surface area contributed by atoms with Crippen LogP contribution in [0.3, 0.4) is 0 Å². The van der Waals surface area contributed by atoms with Gasteiger partial charge in [0.2, 0.25) is 0 Å². The molecule has 30 heavy (non-hydrogen) atoms. The minimum atomic E-state index is -0.267. The molecule has 2 aromatic carbocycles. The molecular weight excluding hydrogens is 379 g/mol. The van der Waals surface area contributed by atoms with Gasteiger partial charge in [-0.2, -0.15) is 5.10 Å². The molecule has 4 rings (SSSR count). The van der Waals surface area contributed by atoms with Crippen LogP contribution in [0.15, 0.2) is 54.6 Å². The Morgan fingerprint density at radius 3 is 2.47 bits per heavy atom. The fourth-order valence-corrected chi connectivity index (χ4v) is 4.03. The third-order valence-corrected chi connectivity index (χ3v) is 6.00. The Labute approximate surface area is 176 Å². The largest absolute Gasteiger partial charge is 0.334 e. The molecule has 1 aliphatic rings. The topological polar surface area (TPSA) is 59.0 Å². The van der Waals surface area contributed by atoms with Crippen molar-refractivity contribution in [1.82, 2.24) is 20.4 Å². The summed E-state index contributed by atoms with van der Waals surface area (Å²) in [4.78, 5) is 12.7. The van der Waals surface area contributed by atoms with Gasteiger partial charge in [0, 0.05) is 17.8 Å². The molecule has 6 heteroatoms. The molecule has 0 aliphatic heterocycles. The summed E-state index contributed by atoms with van der Waals surface area (Å²) >= 11 is 0. The minimum absolute atomic E-state index is 0.103. The lowest BCUT2D eigenvalue weighted by Crippen LogP contribution is -2.42. The van der Waals surface area contributed by atoms with E-state index in [1.54, 1.807) is 12.1 Å². The van der Waals surface area contributed by atoms with Gasteiger partial charge < -0.3 is 10.6 Å². The van der Waals surface area contributed by atoms with Crippen molar-refractivity contribution < 1.29 is 9.18 Å². The summed E-state index contributed by atoms with van der Waals surface area (Å²) in [5.41, 5.74) is 4.85. The molecule has 1 aromatic heterocycles. The van der Waals surface area contributed by atoms with Gasteiger partial charge in [-0.05, 0) is 62.4 Å². The Bertz CT molecular complexity index is 1010. The van der Waals surface area contributed by atoms with Gasteiger partial charge in [0.1, 0.15) is 5.82 Å². The molecule has 1 atom stereocenters. The Kier molecular flexibility index (Phi) is 5.84. The molecule has 0 saturated heterocycles. The molecule has 1 fully saturated rings. The van der Waals surface area contributed by atoms with E-state index in [9.17, 15) is 9.18 Å². The molecule has 156 valence electrons. The maximum Gasteiger partial charge on any atom is 0.315 e. The smallest absolute Gasteiger partial charge is 0.315 e. The molecule has 0 radical (unpaired) electrons. The lowest BCUT2D eigenvalue weighted by molar-refractivity contribution is 0.207. The lowest BCUT2D eigenvalue weighted by Gasteiger charge is -2.34. The summed E-state index contributed by atoms with van der Waals surface area (Å²) in [5, 5.41) is 10.7. The highest BCUT2D eigenvalue weighted by Gasteiger charge is 2.30. The predicted molar refractivity (Wildman–Crippen MR) is 115 cm³/mol. The molecule has 0 bridgehead atoms. The van der Waals surface area contributed by atoms with Gasteiger partial charge >= 0.3 is 6.03 Å². The minimum Gasteiger partial charge on any atom is -0.334 e. The van der Waals surface area contributed by atoms with Crippen LogP contribution < -0.4 is 10.6 Å². The average molecular weight is 407 g/mol. The number of nitrogens with one attached hydrogen (secondary N) is 2. The van der Waals surface area contributed by atoms with E-state index in [4.69, 9.17) is 0 Å². The summed E-state index contributed by atoms with van der Waals surface area (Å²) in [6.45, 7) is 4.37. The molecule has 0 spiro atoms. The van der Waals surface area contributed by atoms with Gasteiger partial charge in [-0.3, -0.25) is 0 Å². The Morgan fingerprint density at radius 2 is 1.83 bits per heavy atom. The highest BCUT2D eigenvalue weighted by molar-refractivity contribution is 5.74. The molecule has 2 amide bonds. The van der Waals surface area contributed by atoms with E-state index in [1.807, 2.05) is 48.9 Å². The average Bonchev–Trinajstić information content (AvgIpc) is 2.99.